The monoisotopic (exact) mass is 293 g/mol. The highest BCUT2D eigenvalue weighted by Gasteiger charge is 2.19. The molecule has 102 valence electrons. The quantitative estimate of drug-likeness (QED) is 0.777. The molecule has 0 atom stereocenters. The van der Waals surface area contributed by atoms with Gasteiger partial charge in [-0.15, -0.1) is 0 Å². The van der Waals surface area contributed by atoms with Crippen molar-refractivity contribution in [3.05, 3.63) is 23.2 Å². The predicted octanol–water partition coefficient (Wildman–Crippen LogP) is 1.66. The molecule has 0 heterocycles. The lowest BCUT2D eigenvalue weighted by atomic mass is 10.3. The fourth-order valence-electron chi connectivity index (χ4n) is 1.33. The van der Waals surface area contributed by atoms with Crippen LogP contribution in [0.3, 0.4) is 0 Å². The van der Waals surface area contributed by atoms with Gasteiger partial charge in [0.25, 0.3) is 0 Å². The number of hydrogen-bond acceptors (Lipinski definition) is 4. The van der Waals surface area contributed by atoms with Crippen LogP contribution in [0.25, 0.3) is 0 Å². The van der Waals surface area contributed by atoms with Gasteiger partial charge in [-0.2, -0.15) is 0 Å². The van der Waals surface area contributed by atoms with E-state index >= 15 is 0 Å². The fraction of sp³-hybridized carbons (Fsp3) is 0.455. The molecule has 0 aromatic heterocycles. The molecule has 5 nitrogen and oxygen atoms in total. The highest BCUT2D eigenvalue weighted by atomic mass is 35.5. The van der Waals surface area contributed by atoms with E-state index in [2.05, 4.69) is 4.72 Å². The van der Waals surface area contributed by atoms with Crippen LogP contribution in [0.15, 0.2) is 23.1 Å². The van der Waals surface area contributed by atoms with Crippen molar-refractivity contribution in [1.29, 1.82) is 0 Å². The molecule has 0 aliphatic rings. The van der Waals surface area contributed by atoms with E-state index in [9.17, 15) is 8.42 Å². The summed E-state index contributed by atoms with van der Waals surface area (Å²) in [4.78, 5) is 0.0739. The maximum absolute atomic E-state index is 12.0. The van der Waals surface area contributed by atoms with Gasteiger partial charge in [-0.3, -0.25) is 0 Å². The van der Waals surface area contributed by atoms with Gasteiger partial charge in [-0.25, -0.2) is 13.1 Å². The molecule has 7 heteroatoms. The number of hydrogen-bond donors (Lipinski definition) is 1. The maximum Gasteiger partial charge on any atom is 0.244 e. The highest BCUT2D eigenvalue weighted by molar-refractivity contribution is 7.89. The van der Waals surface area contributed by atoms with Crippen LogP contribution >= 0.6 is 11.6 Å². The van der Waals surface area contributed by atoms with Gasteiger partial charge < -0.3 is 9.47 Å². The summed E-state index contributed by atoms with van der Waals surface area (Å²) in [6.07, 6.45) is 0. The SMILES string of the molecule is CCOc1cc(Cl)ccc1S(=O)(=O)NCCOC. The first-order chi connectivity index (χ1) is 8.51. The molecule has 0 fully saturated rings. The first-order valence-electron chi connectivity index (χ1n) is 5.42. The van der Waals surface area contributed by atoms with Crippen molar-refractivity contribution in [3.63, 3.8) is 0 Å². The van der Waals surface area contributed by atoms with E-state index in [-0.39, 0.29) is 17.2 Å². The van der Waals surface area contributed by atoms with E-state index in [0.717, 1.165) is 0 Å². The molecule has 1 aromatic carbocycles. The molecule has 0 amide bonds. The molecule has 1 aromatic rings. The number of benzene rings is 1. The Morgan fingerprint density at radius 3 is 2.72 bits per heavy atom. The summed E-state index contributed by atoms with van der Waals surface area (Å²) in [6.45, 7) is 2.64. The fourth-order valence-corrected chi connectivity index (χ4v) is 2.63. The van der Waals surface area contributed by atoms with E-state index in [4.69, 9.17) is 21.1 Å². The van der Waals surface area contributed by atoms with Crippen molar-refractivity contribution < 1.29 is 17.9 Å². The van der Waals surface area contributed by atoms with Crippen LogP contribution < -0.4 is 9.46 Å². The Labute approximate surface area is 112 Å². The first-order valence-corrected chi connectivity index (χ1v) is 7.28. The Morgan fingerprint density at radius 1 is 1.39 bits per heavy atom. The molecule has 1 rings (SSSR count). The second kappa shape index (κ2) is 6.94. The lowest BCUT2D eigenvalue weighted by Gasteiger charge is -2.12. The molecule has 0 saturated carbocycles. The van der Waals surface area contributed by atoms with Crippen molar-refractivity contribution in [2.75, 3.05) is 26.9 Å². The van der Waals surface area contributed by atoms with E-state index < -0.39 is 10.0 Å². The van der Waals surface area contributed by atoms with Gasteiger partial charge in [0.15, 0.2) is 0 Å². The normalized spacial score (nSPS) is 11.5. The molecular formula is C11H16ClNO4S. The van der Waals surface area contributed by atoms with E-state index in [1.165, 1.54) is 25.3 Å². The van der Waals surface area contributed by atoms with Gasteiger partial charge in [-0.1, -0.05) is 11.6 Å². The molecule has 1 N–H and O–H groups in total. The summed E-state index contributed by atoms with van der Waals surface area (Å²) < 4.78 is 36.5. The number of nitrogens with one attached hydrogen (secondary N) is 1. The first kappa shape index (κ1) is 15.2. The van der Waals surface area contributed by atoms with Crippen molar-refractivity contribution in [2.24, 2.45) is 0 Å². The van der Waals surface area contributed by atoms with Crippen molar-refractivity contribution in [2.45, 2.75) is 11.8 Å². The lowest BCUT2D eigenvalue weighted by Crippen LogP contribution is -2.27. The Balaban J connectivity index is 2.99. The zero-order valence-corrected chi connectivity index (χ0v) is 11.8. The summed E-state index contributed by atoms with van der Waals surface area (Å²) in [5.41, 5.74) is 0. The van der Waals surface area contributed by atoms with Gasteiger partial charge in [0.1, 0.15) is 10.6 Å². The largest absolute Gasteiger partial charge is 0.492 e. The minimum atomic E-state index is -3.62. The number of rotatable bonds is 7. The van der Waals surface area contributed by atoms with Crippen molar-refractivity contribution in [1.82, 2.24) is 4.72 Å². The number of methoxy groups -OCH3 is 1. The standard InChI is InChI=1S/C11H16ClNO4S/c1-3-17-10-8-9(12)4-5-11(10)18(14,15)13-6-7-16-2/h4-5,8,13H,3,6-7H2,1-2H3. The second-order valence-corrected chi connectivity index (χ2v) is 5.59. The highest BCUT2D eigenvalue weighted by Crippen LogP contribution is 2.27. The molecular weight excluding hydrogens is 278 g/mol. The number of halogens is 1. The topological polar surface area (TPSA) is 64.6 Å². The average molecular weight is 294 g/mol. The summed E-state index contributed by atoms with van der Waals surface area (Å²) in [5.74, 6) is 0.245. The van der Waals surface area contributed by atoms with Gasteiger partial charge in [0.05, 0.1) is 13.2 Å². The van der Waals surface area contributed by atoms with Crippen LogP contribution in [-0.4, -0.2) is 35.3 Å². The minimum absolute atomic E-state index is 0.0739. The molecule has 18 heavy (non-hydrogen) atoms. The van der Waals surface area contributed by atoms with Crippen LogP contribution in [0.1, 0.15) is 6.92 Å². The Bertz CT molecular complexity index is 490. The van der Waals surface area contributed by atoms with Crippen molar-refractivity contribution >= 4 is 21.6 Å². The van der Waals surface area contributed by atoms with Gasteiger partial charge in [0, 0.05) is 24.7 Å². The van der Waals surface area contributed by atoms with E-state index in [1.54, 1.807) is 6.92 Å². The van der Waals surface area contributed by atoms with Crippen molar-refractivity contribution in [3.8, 4) is 5.75 Å². The minimum Gasteiger partial charge on any atom is -0.492 e. The molecule has 0 saturated heterocycles. The lowest BCUT2D eigenvalue weighted by molar-refractivity contribution is 0.204. The molecule has 0 aliphatic heterocycles. The number of sulfonamides is 1. The van der Waals surface area contributed by atoms with E-state index in [1.807, 2.05) is 0 Å². The Kier molecular flexibility index (Phi) is 5.87. The summed E-state index contributed by atoms with van der Waals surface area (Å²) in [6, 6.07) is 4.41. The predicted molar refractivity (Wildman–Crippen MR) is 69.7 cm³/mol. The van der Waals surface area contributed by atoms with E-state index in [0.29, 0.717) is 18.2 Å². The second-order valence-electron chi connectivity index (χ2n) is 3.41. The van der Waals surface area contributed by atoms with Crippen LogP contribution in [-0.2, 0) is 14.8 Å². The smallest absolute Gasteiger partial charge is 0.244 e. The summed E-state index contributed by atoms with van der Waals surface area (Å²) in [5, 5.41) is 0.425. The van der Waals surface area contributed by atoms with Gasteiger partial charge >= 0.3 is 0 Å². The molecule has 0 radical (unpaired) electrons. The third kappa shape index (κ3) is 4.13. The third-order valence-electron chi connectivity index (χ3n) is 2.09. The van der Waals surface area contributed by atoms with Gasteiger partial charge in [-0.05, 0) is 19.1 Å². The number of ether oxygens (including phenoxy) is 2. The summed E-state index contributed by atoms with van der Waals surface area (Å²) in [7, 11) is -2.11. The molecule has 0 spiro atoms. The average Bonchev–Trinajstić information content (AvgIpc) is 2.29. The molecule has 0 bridgehead atoms. The van der Waals surface area contributed by atoms with Crippen LogP contribution in [0.2, 0.25) is 5.02 Å². The maximum atomic E-state index is 12.0. The van der Waals surface area contributed by atoms with Crippen LogP contribution in [0.4, 0.5) is 0 Å². The zero-order valence-electron chi connectivity index (χ0n) is 10.3. The Hall–Kier alpha value is -0.820. The zero-order chi connectivity index (χ0) is 13.6. The molecule has 0 unspecified atom stereocenters. The third-order valence-corrected chi connectivity index (χ3v) is 3.83. The summed E-state index contributed by atoms with van der Waals surface area (Å²) >= 11 is 5.81. The van der Waals surface area contributed by atoms with Gasteiger partial charge in [0.2, 0.25) is 10.0 Å². The van der Waals surface area contributed by atoms with Crippen LogP contribution in [0.5, 0.6) is 5.75 Å². The Morgan fingerprint density at radius 2 is 2.11 bits per heavy atom. The molecule has 0 aliphatic carbocycles. The van der Waals surface area contributed by atoms with Crippen LogP contribution in [0, 0.1) is 0 Å².